The quantitative estimate of drug-likeness (QED) is 0.873. The Hall–Kier alpha value is -2.08. The molecule has 0 saturated heterocycles. The van der Waals surface area contributed by atoms with Crippen LogP contribution in [0.2, 0.25) is 0 Å². The van der Waals surface area contributed by atoms with Gasteiger partial charge in [0.05, 0.1) is 18.8 Å². The van der Waals surface area contributed by atoms with Gasteiger partial charge >= 0.3 is 6.03 Å². The van der Waals surface area contributed by atoms with Crippen molar-refractivity contribution in [3.8, 4) is 5.75 Å². The van der Waals surface area contributed by atoms with Crippen LogP contribution in [0.1, 0.15) is 25.1 Å². The Morgan fingerprint density at radius 2 is 2.18 bits per heavy atom. The summed E-state index contributed by atoms with van der Waals surface area (Å²) in [5.41, 5.74) is 1.48. The Labute approximate surface area is 133 Å². The lowest BCUT2D eigenvalue weighted by Crippen LogP contribution is -2.44. The number of aromatic nitrogens is 1. The van der Waals surface area contributed by atoms with Gasteiger partial charge in [0.25, 0.3) is 0 Å². The summed E-state index contributed by atoms with van der Waals surface area (Å²) in [6, 6.07) is 7.69. The Morgan fingerprint density at radius 3 is 2.91 bits per heavy atom. The number of benzene rings is 1. The van der Waals surface area contributed by atoms with Crippen LogP contribution in [0.4, 0.5) is 9.93 Å². The first-order valence-corrected chi connectivity index (χ1v) is 8.06. The molecule has 1 aromatic heterocycles. The molecule has 1 aromatic carbocycles. The zero-order valence-corrected chi connectivity index (χ0v) is 13.7. The second-order valence-corrected chi connectivity index (χ2v) is 6.91. The number of amides is 2. The lowest BCUT2D eigenvalue weighted by Gasteiger charge is -2.29. The van der Waals surface area contributed by atoms with Gasteiger partial charge in [0.1, 0.15) is 11.4 Å². The first-order valence-electron chi connectivity index (χ1n) is 7.18. The number of carbonyl (C=O) groups excluding carboxylic acids is 1. The third-order valence-corrected chi connectivity index (χ3v) is 4.29. The predicted molar refractivity (Wildman–Crippen MR) is 87.4 cm³/mol. The van der Waals surface area contributed by atoms with Gasteiger partial charge in [0.2, 0.25) is 0 Å². The molecule has 3 rings (SSSR count). The minimum absolute atomic E-state index is 0.150. The minimum atomic E-state index is -0.442. The molecule has 0 radical (unpaired) electrons. The van der Waals surface area contributed by atoms with E-state index >= 15 is 0 Å². The third-order valence-electron chi connectivity index (χ3n) is 3.41. The Morgan fingerprint density at radius 1 is 1.41 bits per heavy atom. The van der Waals surface area contributed by atoms with Crippen molar-refractivity contribution in [2.75, 3.05) is 11.9 Å². The number of ether oxygens (including phenoxy) is 1. The largest absolute Gasteiger partial charge is 0.486 e. The predicted octanol–water partition coefficient (Wildman–Crippen LogP) is 3.66. The number of urea groups is 1. The van der Waals surface area contributed by atoms with Crippen LogP contribution < -0.4 is 10.1 Å². The topological polar surface area (TPSA) is 54.5 Å². The lowest BCUT2D eigenvalue weighted by atomic mass is 10.1. The van der Waals surface area contributed by atoms with Crippen LogP contribution in [0.25, 0.3) is 0 Å². The average molecular weight is 317 g/mol. The highest BCUT2D eigenvalue weighted by Crippen LogP contribution is 2.29. The SMILES string of the molecule is Cc1csc(NC(=O)N2Cc3ccccc3OC(C)(C)C2)n1. The summed E-state index contributed by atoms with van der Waals surface area (Å²) >= 11 is 1.43. The molecule has 0 spiro atoms. The van der Waals surface area contributed by atoms with Gasteiger partial charge in [-0.15, -0.1) is 11.3 Å². The number of carbonyl (C=O) groups is 1. The summed E-state index contributed by atoms with van der Waals surface area (Å²) in [5.74, 6) is 0.841. The summed E-state index contributed by atoms with van der Waals surface area (Å²) in [7, 11) is 0. The molecule has 0 unspecified atom stereocenters. The highest BCUT2D eigenvalue weighted by atomic mass is 32.1. The van der Waals surface area contributed by atoms with E-state index in [1.807, 2.05) is 50.4 Å². The molecule has 22 heavy (non-hydrogen) atoms. The van der Waals surface area contributed by atoms with Crippen LogP contribution in [0, 0.1) is 6.92 Å². The summed E-state index contributed by atoms with van der Waals surface area (Å²) in [6.45, 7) is 6.92. The van der Waals surface area contributed by atoms with Gasteiger partial charge in [0.15, 0.2) is 5.13 Å². The van der Waals surface area contributed by atoms with Crippen molar-refractivity contribution in [1.82, 2.24) is 9.88 Å². The molecule has 0 fully saturated rings. The van der Waals surface area contributed by atoms with Crippen LogP contribution in [0.3, 0.4) is 0 Å². The van der Waals surface area contributed by atoms with Crippen LogP contribution in [-0.4, -0.2) is 28.1 Å². The minimum Gasteiger partial charge on any atom is -0.486 e. The molecule has 2 heterocycles. The highest BCUT2D eigenvalue weighted by molar-refractivity contribution is 7.13. The third kappa shape index (κ3) is 3.22. The van der Waals surface area contributed by atoms with Crippen molar-refractivity contribution in [2.24, 2.45) is 0 Å². The van der Waals surface area contributed by atoms with E-state index in [1.54, 1.807) is 4.90 Å². The van der Waals surface area contributed by atoms with Crippen molar-refractivity contribution in [1.29, 1.82) is 0 Å². The number of para-hydroxylation sites is 1. The second-order valence-electron chi connectivity index (χ2n) is 6.05. The molecule has 5 nitrogen and oxygen atoms in total. The standard InChI is InChI=1S/C16H19N3O2S/c1-11-9-22-14(17-11)18-15(20)19-8-12-6-4-5-7-13(12)21-16(2,3)10-19/h4-7,9H,8,10H2,1-3H3,(H,17,18,20). The first kappa shape index (κ1) is 14.8. The summed E-state index contributed by atoms with van der Waals surface area (Å²) in [4.78, 5) is 18.6. The molecule has 0 saturated carbocycles. The molecule has 0 bridgehead atoms. The zero-order valence-electron chi connectivity index (χ0n) is 12.9. The van der Waals surface area contributed by atoms with Crippen molar-refractivity contribution < 1.29 is 9.53 Å². The number of nitrogens with one attached hydrogen (secondary N) is 1. The maximum atomic E-state index is 12.6. The van der Waals surface area contributed by atoms with Crippen LogP contribution in [-0.2, 0) is 6.54 Å². The van der Waals surface area contributed by atoms with Crippen molar-refractivity contribution in [2.45, 2.75) is 32.9 Å². The summed E-state index contributed by atoms with van der Waals surface area (Å²) in [6.07, 6.45) is 0. The number of rotatable bonds is 1. The zero-order chi connectivity index (χ0) is 15.7. The number of hydrogen-bond donors (Lipinski definition) is 1. The van der Waals surface area contributed by atoms with E-state index in [9.17, 15) is 4.79 Å². The van der Waals surface area contributed by atoms with Crippen molar-refractivity contribution in [3.05, 3.63) is 40.9 Å². The van der Waals surface area contributed by atoms with Crippen molar-refractivity contribution in [3.63, 3.8) is 0 Å². The number of fused-ring (bicyclic) bond motifs is 1. The second kappa shape index (κ2) is 5.61. The Kier molecular flexibility index (Phi) is 3.78. The molecule has 6 heteroatoms. The lowest BCUT2D eigenvalue weighted by molar-refractivity contribution is 0.0835. The van der Waals surface area contributed by atoms with E-state index in [2.05, 4.69) is 10.3 Å². The van der Waals surface area contributed by atoms with Gasteiger partial charge in [-0.1, -0.05) is 18.2 Å². The van der Waals surface area contributed by atoms with E-state index in [0.717, 1.165) is 17.0 Å². The van der Waals surface area contributed by atoms with Crippen LogP contribution >= 0.6 is 11.3 Å². The van der Waals surface area contributed by atoms with Gasteiger partial charge in [-0.2, -0.15) is 0 Å². The average Bonchev–Trinajstić information content (AvgIpc) is 2.78. The molecular weight excluding hydrogens is 298 g/mol. The fraction of sp³-hybridized carbons (Fsp3) is 0.375. The van der Waals surface area contributed by atoms with E-state index in [0.29, 0.717) is 18.2 Å². The Balaban J connectivity index is 1.82. The fourth-order valence-corrected chi connectivity index (χ4v) is 3.19. The van der Waals surface area contributed by atoms with E-state index < -0.39 is 5.60 Å². The molecule has 2 amide bonds. The smallest absolute Gasteiger partial charge is 0.324 e. The number of nitrogens with zero attached hydrogens (tertiary/aromatic N) is 2. The molecular formula is C16H19N3O2S. The van der Waals surface area contributed by atoms with Gasteiger partial charge in [-0.25, -0.2) is 9.78 Å². The van der Waals surface area contributed by atoms with Crippen LogP contribution in [0.5, 0.6) is 5.75 Å². The van der Waals surface area contributed by atoms with Gasteiger partial charge < -0.3 is 9.64 Å². The van der Waals surface area contributed by atoms with E-state index in [-0.39, 0.29) is 6.03 Å². The molecule has 0 aliphatic carbocycles. The van der Waals surface area contributed by atoms with Crippen LogP contribution in [0.15, 0.2) is 29.6 Å². The van der Waals surface area contributed by atoms with Gasteiger partial charge in [-0.05, 0) is 26.8 Å². The molecule has 2 aromatic rings. The molecule has 1 aliphatic rings. The molecule has 116 valence electrons. The maximum Gasteiger partial charge on any atom is 0.324 e. The first-order chi connectivity index (χ1) is 10.4. The molecule has 1 N–H and O–H groups in total. The monoisotopic (exact) mass is 317 g/mol. The fourth-order valence-electron chi connectivity index (χ4n) is 2.51. The summed E-state index contributed by atoms with van der Waals surface area (Å²) in [5, 5.41) is 5.41. The molecule has 1 aliphatic heterocycles. The number of hydrogen-bond acceptors (Lipinski definition) is 4. The van der Waals surface area contributed by atoms with Gasteiger partial charge in [-0.3, -0.25) is 5.32 Å². The van der Waals surface area contributed by atoms with Crippen molar-refractivity contribution >= 4 is 22.5 Å². The summed E-state index contributed by atoms with van der Waals surface area (Å²) < 4.78 is 6.04. The molecule has 0 atom stereocenters. The Bertz CT molecular complexity index is 696. The highest BCUT2D eigenvalue weighted by Gasteiger charge is 2.31. The van der Waals surface area contributed by atoms with E-state index in [4.69, 9.17) is 4.74 Å². The number of aryl methyl sites for hydroxylation is 1. The normalized spacial score (nSPS) is 16.4. The van der Waals surface area contributed by atoms with E-state index in [1.165, 1.54) is 11.3 Å². The van der Waals surface area contributed by atoms with Gasteiger partial charge in [0, 0.05) is 10.9 Å². The number of anilines is 1. The number of thiazole rings is 1. The maximum absolute atomic E-state index is 12.6.